The lowest BCUT2D eigenvalue weighted by Crippen LogP contribution is -2.24. The van der Waals surface area contributed by atoms with Gasteiger partial charge in [0.1, 0.15) is 0 Å². The number of carbonyl (C=O) groups is 1. The fourth-order valence-corrected chi connectivity index (χ4v) is 3.13. The molecule has 0 saturated carbocycles. The molecule has 0 atom stereocenters. The van der Waals surface area contributed by atoms with Gasteiger partial charge in [-0.05, 0) is 46.3 Å². The van der Waals surface area contributed by atoms with Gasteiger partial charge in [-0.25, -0.2) is 0 Å². The van der Waals surface area contributed by atoms with Crippen LogP contribution in [0.15, 0.2) is 34.1 Å². The minimum Gasteiger partial charge on any atom is -0.347 e. The van der Waals surface area contributed by atoms with E-state index in [-0.39, 0.29) is 5.91 Å². The number of hydrazine groups is 1. The molecule has 4 nitrogen and oxygen atoms in total. The predicted octanol–water partition coefficient (Wildman–Crippen LogP) is 3.38. The molecule has 100 valence electrons. The topological polar surface area (TPSA) is 67.1 Å². The van der Waals surface area contributed by atoms with E-state index >= 15 is 0 Å². The highest BCUT2D eigenvalue weighted by molar-refractivity contribution is 9.11. The van der Waals surface area contributed by atoms with Crippen molar-refractivity contribution in [1.29, 1.82) is 0 Å². The Morgan fingerprint density at radius 1 is 1.37 bits per heavy atom. The van der Waals surface area contributed by atoms with Crippen LogP contribution >= 0.6 is 38.9 Å². The second kappa shape index (κ2) is 6.38. The second-order valence-electron chi connectivity index (χ2n) is 3.72. The van der Waals surface area contributed by atoms with Gasteiger partial charge in [-0.1, -0.05) is 11.6 Å². The molecule has 0 aliphatic rings. The standard InChI is InChI=1S/C12H11BrClN3OS/c13-11-4-2-8(19-11)6-16-12(18)9-5-7(14)1-3-10(9)17-15/h1-5,17H,6,15H2,(H,16,18). The second-order valence-corrected chi connectivity index (χ2v) is 6.71. The molecule has 0 aliphatic carbocycles. The molecule has 1 aromatic carbocycles. The summed E-state index contributed by atoms with van der Waals surface area (Å²) in [5, 5.41) is 3.32. The van der Waals surface area contributed by atoms with E-state index in [2.05, 4.69) is 26.7 Å². The van der Waals surface area contributed by atoms with E-state index in [1.807, 2.05) is 12.1 Å². The number of anilines is 1. The Labute approximate surface area is 128 Å². The van der Waals surface area contributed by atoms with E-state index in [1.165, 1.54) is 0 Å². The highest BCUT2D eigenvalue weighted by Gasteiger charge is 2.11. The number of nitrogens with two attached hydrogens (primary N) is 1. The number of halogens is 2. The quantitative estimate of drug-likeness (QED) is 0.578. The molecule has 1 aromatic heterocycles. The summed E-state index contributed by atoms with van der Waals surface area (Å²) in [5.74, 6) is 5.15. The number of nitrogens with one attached hydrogen (secondary N) is 2. The highest BCUT2D eigenvalue weighted by Crippen LogP contribution is 2.23. The van der Waals surface area contributed by atoms with Gasteiger partial charge in [0.05, 0.1) is 21.6 Å². The highest BCUT2D eigenvalue weighted by atomic mass is 79.9. The van der Waals surface area contributed by atoms with Crippen LogP contribution in [0.25, 0.3) is 0 Å². The van der Waals surface area contributed by atoms with Gasteiger partial charge in [-0.2, -0.15) is 0 Å². The summed E-state index contributed by atoms with van der Waals surface area (Å²) < 4.78 is 1.03. The van der Waals surface area contributed by atoms with Crippen molar-refractivity contribution in [2.24, 2.45) is 5.84 Å². The number of benzene rings is 1. The summed E-state index contributed by atoms with van der Waals surface area (Å²) in [7, 11) is 0. The molecule has 7 heteroatoms. The lowest BCUT2D eigenvalue weighted by molar-refractivity contribution is 0.0952. The van der Waals surface area contributed by atoms with E-state index in [1.54, 1.807) is 29.5 Å². The van der Waals surface area contributed by atoms with Crippen LogP contribution in [0.1, 0.15) is 15.2 Å². The van der Waals surface area contributed by atoms with Crippen molar-refractivity contribution in [3.8, 4) is 0 Å². The molecule has 2 rings (SSSR count). The van der Waals surface area contributed by atoms with E-state index in [0.29, 0.717) is 22.8 Å². The molecule has 0 spiro atoms. The molecule has 0 saturated heterocycles. The minimum atomic E-state index is -0.222. The molecule has 1 heterocycles. The molecule has 1 amide bonds. The molecular weight excluding hydrogens is 350 g/mol. The Morgan fingerprint density at radius 2 is 2.16 bits per heavy atom. The zero-order chi connectivity index (χ0) is 13.8. The summed E-state index contributed by atoms with van der Waals surface area (Å²) in [4.78, 5) is 13.1. The maximum atomic E-state index is 12.1. The molecule has 0 aliphatic heterocycles. The summed E-state index contributed by atoms with van der Waals surface area (Å²) in [6, 6.07) is 8.81. The van der Waals surface area contributed by atoms with E-state index in [0.717, 1.165) is 8.66 Å². The van der Waals surface area contributed by atoms with E-state index < -0.39 is 0 Å². The molecule has 0 unspecified atom stereocenters. The van der Waals surface area contributed by atoms with Crippen LogP contribution in [0.5, 0.6) is 0 Å². The first-order valence-electron chi connectivity index (χ1n) is 5.38. The first kappa shape index (κ1) is 14.3. The fourth-order valence-electron chi connectivity index (χ4n) is 1.54. The number of carbonyl (C=O) groups excluding carboxylic acids is 1. The number of thiophene rings is 1. The summed E-state index contributed by atoms with van der Waals surface area (Å²) in [6.07, 6.45) is 0. The van der Waals surface area contributed by atoms with Crippen molar-refractivity contribution in [3.05, 3.63) is 49.6 Å². The molecular formula is C12H11BrClN3OS. The van der Waals surface area contributed by atoms with Gasteiger partial charge >= 0.3 is 0 Å². The average molecular weight is 361 g/mol. The molecule has 0 fully saturated rings. The third-order valence-corrected chi connectivity index (χ3v) is 4.29. The summed E-state index contributed by atoms with van der Waals surface area (Å²) in [5.41, 5.74) is 3.44. The normalized spacial score (nSPS) is 10.3. The van der Waals surface area contributed by atoms with Gasteiger partial charge in [-0.3, -0.25) is 10.6 Å². The molecule has 4 N–H and O–H groups in total. The van der Waals surface area contributed by atoms with Crippen LogP contribution in [0.2, 0.25) is 5.02 Å². The monoisotopic (exact) mass is 359 g/mol. The van der Waals surface area contributed by atoms with Crippen LogP contribution in [-0.2, 0) is 6.54 Å². The Bertz CT molecular complexity index is 602. The van der Waals surface area contributed by atoms with Gasteiger partial charge in [0, 0.05) is 9.90 Å². The van der Waals surface area contributed by atoms with Crippen LogP contribution in [0.3, 0.4) is 0 Å². The van der Waals surface area contributed by atoms with Crippen LogP contribution < -0.4 is 16.6 Å². The minimum absolute atomic E-state index is 0.222. The fraction of sp³-hybridized carbons (Fsp3) is 0.0833. The number of nitrogen functional groups attached to an aromatic ring is 1. The average Bonchev–Trinajstić information content (AvgIpc) is 2.81. The third-order valence-electron chi connectivity index (χ3n) is 2.43. The Morgan fingerprint density at radius 3 is 2.79 bits per heavy atom. The number of hydrogen-bond acceptors (Lipinski definition) is 4. The summed E-state index contributed by atoms with van der Waals surface area (Å²) >= 11 is 10.8. The predicted molar refractivity (Wildman–Crippen MR) is 82.5 cm³/mol. The maximum absolute atomic E-state index is 12.1. The third kappa shape index (κ3) is 3.70. The van der Waals surface area contributed by atoms with E-state index in [9.17, 15) is 4.79 Å². The Kier molecular flexibility index (Phi) is 4.81. The van der Waals surface area contributed by atoms with Gasteiger partial charge in [0.15, 0.2) is 0 Å². The first-order chi connectivity index (χ1) is 9.10. The molecule has 2 aromatic rings. The summed E-state index contributed by atoms with van der Waals surface area (Å²) in [6.45, 7) is 0.464. The smallest absolute Gasteiger partial charge is 0.253 e. The van der Waals surface area contributed by atoms with Crippen molar-refractivity contribution in [1.82, 2.24) is 5.32 Å². The Hall–Kier alpha value is -1.08. The van der Waals surface area contributed by atoms with Gasteiger partial charge in [0.2, 0.25) is 0 Å². The number of amides is 1. The lowest BCUT2D eigenvalue weighted by atomic mass is 10.1. The van der Waals surface area contributed by atoms with Crippen LogP contribution in [-0.4, -0.2) is 5.91 Å². The molecule has 0 bridgehead atoms. The van der Waals surface area contributed by atoms with Gasteiger partial charge in [0.25, 0.3) is 5.91 Å². The Balaban J connectivity index is 2.09. The van der Waals surface area contributed by atoms with Crippen molar-refractivity contribution in [2.45, 2.75) is 6.54 Å². The SMILES string of the molecule is NNc1ccc(Cl)cc1C(=O)NCc1ccc(Br)s1. The molecule has 19 heavy (non-hydrogen) atoms. The van der Waals surface area contributed by atoms with Gasteiger partial charge < -0.3 is 10.7 Å². The van der Waals surface area contributed by atoms with Crippen molar-refractivity contribution >= 4 is 50.5 Å². The van der Waals surface area contributed by atoms with Crippen molar-refractivity contribution in [2.75, 3.05) is 5.43 Å². The molecule has 0 radical (unpaired) electrons. The van der Waals surface area contributed by atoms with E-state index in [4.69, 9.17) is 17.4 Å². The van der Waals surface area contributed by atoms with Crippen LogP contribution in [0.4, 0.5) is 5.69 Å². The first-order valence-corrected chi connectivity index (χ1v) is 7.37. The number of rotatable bonds is 4. The van der Waals surface area contributed by atoms with Crippen molar-refractivity contribution < 1.29 is 4.79 Å². The van der Waals surface area contributed by atoms with Crippen LogP contribution in [0, 0.1) is 0 Å². The van der Waals surface area contributed by atoms with Crippen molar-refractivity contribution in [3.63, 3.8) is 0 Å². The lowest BCUT2D eigenvalue weighted by Gasteiger charge is -2.09. The number of hydrogen-bond donors (Lipinski definition) is 3. The zero-order valence-corrected chi connectivity index (χ0v) is 12.9. The largest absolute Gasteiger partial charge is 0.347 e. The zero-order valence-electron chi connectivity index (χ0n) is 9.74. The van der Waals surface area contributed by atoms with Gasteiger partial charge in [-0.15, -0.1) is 11.3 Å². The maximum Gasteiger partial charge on any atom is 0.253 e.